The van der Waals surface area contributed by atoms with Gasteiger partial charge in [-0.05, 0) is 46.0 Å². The molecule has 3 atom stereocenters. The summed E-state index contributed by atoms with van der Waals surface area (Å²) in [6, 6.07) is 0.00272. The molecule has 0 aromatic carbocycles. The van der Waals surface area contributed by atoms with Gasteiger partial charge in [-0.25, -0.2) is 4.79 Å². The van der Waals surface area contributed by atoms with Gasteiger partial charge in [0.2, 0.25) is 0 Å². The zero-order valence-corrected chi connectivity index (χ0v) is 15.8. The fourth-order valence-corrected chi connectivity index (χ4v) is 4.59. The Morgan fingerprint density at radius 2 is 2.04 bits per heavy atom. The lowest BCUT2D eigenvalue weighted by molar-refractivity contribution is -0.134. The van der Waals surface area contributed by atoms with Gasteiger partial charge in [0.25, 0.3) is 0 Å². The average molecular weight is 349 g/mol. The first-order valence-corrected chi connectivity index (χ1v) is 9.64. The molecule has 1 aromatic heterocycles. The molecule has 7 nitrogen and oxygen atoms in total. The van der Waals surface area contributed by atoms with Gasteiger partial charge in [-0.1, -0.05) is 13.8 Å². The molecule has 7 heteroatoms. The van der Waals surface area contributed by atoms with E-state index in [4.69, 9.17) is 4.74 Å². The van der Waals surface area contributed by atoms with Gasteiger partial charge >= 0.3 is 6.03 Å². The van der Waals surface area contributed by atoms with Crippen LogP contribution in [-0.2, 0) is 11.3 Å². The Hall–Kier alpha value is -1.63. The number of nitrogens with zero attached hydrogens (tertiary/aromatic N) is 3. The van der Waals surface area contributed by atoms with Crippen LogP contribution in [0.4, 0.5) is 4.79 Å². The van der Waals surface area contributed by atoms with Crippen molar-refractivity contribution in [3.63, 3.8) is 0 Å². The lowest BCUT2D eigenvalue weighted by Crippen LogP contribution is -2.65. The number of carbonyl (C=O) groups is 1. The molecular formula is C18H31N5O2. The minimum atomic E-state index is -0.106. The molecular weight excluding hydrogens is 318 g/mol. The van der Waals surface area contributed by atoms with E-state index in [9.17, 15) is 4.79 Å². The molecule has 0 radical (unpaired) electrons. The van der Waals surface area contributed by atoms with Crippen molar-refractivity contribution in [3.05, 3.63) is 11.6 Å². The minimum absolute atomic E-state index is 0.0521. The highest BCUT2D eigenvalue weighted by atomic mass is 16.5. The third-order valence-corrected chi connectivity index (χ3v) is 6.23. The maximum absolute atomic E-state index is 12.6. The molecule has 0 bridgehead atoms. The summed E-state index contributed by atoms with van der Waals surface area (Å²) in [4.78, 5) is 12.6. The van der Waals surface area contributed by atoms with Crippen LogP contribution in [0.2, 0.25) is 0 Å². The largest absolute Gasteiger partial charge is 0.378 e. The van der Waals surface area contributed by atoms with Crippen molar-refractivity contribution >= 4 is 6.03 Å². The molecule has 2 amide bonds. The molecule has 3 rings (SSSR count). The van der Waals surface area contributed by atoms with Crippen molar-refractivity contribution in [3.8, 4) is 0 Å². The Kier molecular flexibility index (Phi) is 5.32. The number of fused-ring (bicyclic) bond motifs is 1. The summed E-state index contributed by atoms with van der Waals surface area (Å²) in [7, 11) is 0. The fourth-order valence-electron chi connectivity index (χ4n) is 4.59. The van der Waals surface area contributed by atoms with Crippen LogP contribution in [0.15, 0.2) is 0 Å². The first-order chi connectivity index (χ1) is 12.1. The lowest BCUT2D eigenvalue weighted by Gasteiger charge is -2.55. The van der Waals surface area contributed by atoms with Gasteiger partial charge in [-0.3, -0.25) is 0 Å². The second kappa shape index (κ2) is 7.32. The second-order valence-electron chi connectivity index (χ2n) is 7.24. The summed E-state index contributed by atoms with van der Waals surface area (Å²) in [6.45, 7) is 10.0. The molecule has 0 unspecified atom stereocenters. The van der Waals surface area contributed by atoms with Crippen molar-refractivity contribution < 1.29 is 9.53 Å². The summed E-state index contributed by atoms with van der Waals surface area (Å²) in [5, 5.41) is 14.7. The Bertz CT molecular complexity index is 611. The van der Waals surface area contributed by atoms with Crippen LogP contribution in [0.3, 0.4) is 0 Å². The van der Waals surface area contributed by atoms with Crippen LogP contribution in [-0.4, -0.2) is 39.5 Å². The van der Waals surface area contributed by atoms with Gasteiger partial charge in [0.05, 0.1) is 12.1 Å². The minimum Gasteiger partial charge on any atom is -0.378 e. The van der Waals surface area contributed by atoms with Crippen LogP contribution in [0.25, 0.3) is 0 Å². The third kappa shape index (κ3) is 3.14. The molecule has 1 aliphatic heterocycles. The second-order valence-corrected chi connectivity index (χ2v) is 7.24. The smallest absolute Gasteiger partial charge is 0.315 e. The van der Waals surface area contributed by atoms with E-state index < -0.39 is 0 Å². The normalized spacial score (nSPS) is 27.3. The predicted molar refractivity (Wildman–Crippen MR) is 95.2 cm³/mol. The van der Waals surface area contributed by atoms with E-state index in [1.165, 1.54) is 0 Å². The Morgan fingerprint density at radius 1 is 1.28 bits per heavy atom. The van der Waals surface area contributed by atoms with E-state index in [1.807, 2.05) is 13.8 Å². The van der Waals surface area contributed by atoms with Crippen molar-refractivity contribution in [2.24, 2.45) is 5.41 Å². The summed E-state index contributed by atoms with van der Waals surface area (Å²) < 4.78 is 8.00. The van der Waals surface area contributed by atoms with Crippen molar-refractivity contribution in [1.82, 2.24) is 25.4 Å². The van der Waals surface area contributed by atoms with Crippen LogP contribution in [0.1, 0.15) is 70.6 Å². The van der Waals surface area contributed by atoms with E-state index >= 15 is 0 Å². The Morgan fingerprint density at radius 3 is 2.72 bits per heavy atom. The maximum atomic E-state index is 12.6. The molecule has 2 heterocycles. The zero-order valence-electron chi connectivity index (χ0n) is 15.8. The molecule has 0 spiro atoms. The maximum Gasteiger partial charge on any atom is 0.315 e. The van der Waals surface area contributed by atoms with E-state index in [0.717, 1.165) is 56.9 Å². The van der Waals surface area contributed by atoms with Crippen molar-refractivity contribution in [2.75, 3.05) is 6.61 Å². The van der Waals surface area contributed by atoms with Crippen LogP contribution < -0.4 is 10.6 Å². The van der Waals surface area contributed by atoms with Gasteiger partial charge < -0.3 is 19.9 Å². The number of nitrogens with one attached hydrogen (secondary N) is 2. The number of aromatic nitrogens is 3. The van der Waals surface area contributed by atoms with Crippen molar-refractivity contribution in [1.29, 1.82) is 0 Å². The molecule has 1 aromatic rings. The van der Waals surface area contributed by atoms with Gasteiger partial charge in [-0.15, -0.1) is 10.2 Å². The first kappa shape index (κ1) is 18.2. The fraction of sp³-hybridized carbons (Fsp3) is 0.833. The average Bonchev–Trinajstić information content (AvgIpc) is 2.98. The van der Waals surface area contributed by atoms with Crippen LogP contribution in [0, 0.1) is 12.3 Å². The molecule has 0 saturated heterocycles. The summed E-state index contributed by atoms with van der Waals surface area (Å²) in [5.41, 5.74) is 0.0521. The lowest BCUT2D eigenvalue weighted by atomic mass is 9.58. The summed E-state index contributed by atoms with van der Waals surface area (Å²) >= 11 is 0. The Labute approximate surface area is 149 Å². The third-order valence-electron chi connectivity index (χ3n) is 6.23. The van der Waals surface area contributed by atoms with E-state index in [2.05, 4.69) is 39.2 Å². The predicted octanol–water partition coefficient (Wildman–Crippen LogP) is 2.70. The number of hydrogen-bond acceptors (Lipinski definition) is 4. The molecule has 2 aliphatic rings. The van der Waals surface area contributed by atoms with Gasteiger partial charge in [0.15, 0.2) is 5.82 Å². The molecule has 25 heavy (non-hydrogen) atoms. The van der Waals surface area contributed by atoms with Crippen LogP contribution in [0.5, 0.6) is 0 Å². The van der Waals surface area contributed by atoms with Gasteiger partial charge in [0, 0.05) is 24.6 Å². The number of aryl methyl sites for hydroxylation is 1. The molecule has 140 valence electrons. The quantitative estimate of drug-likeness (QED) is 0.827. The van der Waals surface area contributed by atoms with Crippen molar-refractivity contribution in [2.45, 2.75) is 84.5 Å². The van der Waals surface area contributed by atoms with Crippen LogP contribution >= 0.6 is 0 Å². The number of amides is 2. The topological polar surface area (TPSA) is 81.1 Å². The van der Waals surface area contributed by atoms with Gasteiger partial charge in [-0.2, -0.15) is 0 Å². The van der Waals surface area contributed by atoms with Gasteiger partial charge in [0.1, 0.15) is 5.82 Å². The highest BCUT2D eigenvalue weighted by molar-refractivity contribution is 5.75. The van der Waals surface area contributed by atoms with E-state index in [0.29, 0.717) is 0 Å². The number of hydrogen-bond donors (Lipinski definition) is 2. The Balaban J connectivity index is 1.62. The van der Waals surface area contributed by atoms with E-state index in [-0.39, 0.29) is 29.6 Å². The number of rotatable bonds is 6. The molecule has 2 N–H and O–H groups in total. The SMILES string of the molecule is CCO[C@@H]1C[C@@H](NC(=O)N[C@H]2CCCn3c(C)nnc32)C1(CC)CC. The number of ether oxygens (including phenoxy) is 1. The highest BCUT2D eigenvalue weighted by Crippen LogP contribution is 2.48. The van der Waals surface area contributed by atoms with E-state index in [1.54, 1.807) is 0 Å². The first-order valence-electron chi connectivity index (χ1n) is 9.64. The molecule has 1 fully saturated rings. The number of urea groups is 1. The number of carbonyl (C=O) groups excluding carboxylic acids is 1. The zero-order chi connectivity index (χ0) is 18.0. The molecule has 1 saturated carbocycles. The highest BCUT2D eigenvalue weighted by Gasteiger charge is 2.53. The standard InChI is InChI=1S/C18H31N5O2/c1-5-18(6-2)14(11-15(18)25-7-3)20-17(24)19-13-9-8-10-23-12(4)21-22-16(13)23/h13-15H,5-11H2,1-4H3,(H2,19,20,24)/t13-,14+,15+/m0/s1. The monoisotopic (exact) mass is 349 g/mol. The summed E-state index contributed by atoms with van der Waals surface area (Å²) in [5.74, 6) is 1.79. The summed E-state index contributed by atoms with van der Waals surface area (Å²) in [6.07, 6.45) is 5.10. The molecule has 1 aliphatic carbocycles.